The lowest BCUT2D eigenvalue weighted by molar-refractivity contribution is 0.0932. The molecule has 128 valence electrons. The van der Waals surface area contributed by atoms with E-state index in [2.05, 4.69) is 20.6 Å². The minimum Gasteiger partial charge on any atom is -0.383 e. The first-order valence-corrected chi connectivity index (χ1v) is 7.95. The van der Waals surface area contributed by atoms with E-state index in [1.54, 1.807) is 13.2 Å². The number of methoxy groups -OCH3 is 1. The Morgan fingerprint density at radius 3 is 2.62 bits per heavy atom. The highest BCUT2D eigenvalue weighted by Gasteiger charge is 2.12. The summed E-state index contributed by atoms with van der Waals surface area (Å²) in [7, 11) is 1.58. The number of nitrogens with zero attached hydrogens (tertiary/aromatic N) is 2. The van der Waals surface area contributed by atoms with Gasteiger partial charge in [-0.25, -0.2) is 9.97 Å². The van der Waals surface area contributed by atoms with Crippen LogP contribution in [-0.4, -0.2) is 36.1 Å². The summed E-state index contributed by atoms with van der Waals surface area (Å²) >= 11 is 6.30. The number of amides is 1. The van der Waals surface area contributed by atoms with Gasteiger partial charge in [0.15, 0.2) is 0 Å². The third-order valence-electron chi connectivity index (χ3n) is 3.35. The van der Waals surface area contributed by atoms with E-state index in [0.29, 0.717) is 35.5 Å². The van der Waals surface area contributed by atoms with Crippen LogP contribution in [0.4, 0.5) is 11.6 Å². The number of hydrogen-bond donors (Lipinski definition) is 2. The van der Waals surface area contributed by atoms with E-state index in [0.717, 1.165) is 16.8 Å². The molecule has 1 heterocycles. The Hall–Kier alpha value is -2.18. The van der Waals surface area contributed by atoms with Crippen LogP contribution in [0.2, 0.25) is 5.02 Å². The normalized spacial score (nSPS) is 10.5. The van der Waals surface area contributed by atoms with Crippen LogP contribution in [0.3, 0.4) is 0 Å². The van der Waals surface area contributed by atoms with E-state index in [9.17, 15) is 4.79 Å². The molecule has 0 aliphatic rings. The van der Waals surface area contributed by atoms with Gasteiger partial charge in [-0.2, -0.15) is 0 Å². The van der Waals surface area contributed by atoms with Crippen molar-refractivity contribution in [1.29, 1.82) is 0 Å². The van der Waals surface area contributed by atoms with Crippen molar-refractivity contribution in [2.45, 2.75) is 20.8 Å². The largest absolute Gasteiger partial charge is 0.383 e. The maximum absolute atomic E-state index is 12.1. The molecular formula is C17H21ClN4O2. The fraction of sp³-hybridized carbons (Fsp3) is 0.353. The molecule has 0 aliphatic heterocycles. The molecule has 0 atom stereocenters. The van der Waals surface area contributed by atoms with Crippen molar-refractivity contribution in [3.63, 3.8) is 0 Å². The van der Waals surface area contributed by atoms with Gasteiger partial charge in [0.2, 0.25) is 5.95 Å². The summed E-state index contributed by atoms with van der Waals surface area (Å²) in [6, 6.07) is 5.52. The lowest BCUT2D eigenvalue weighted by Gasteiger charge is -2.13. The molecule has 0 saturated carbocycles. The van der Waals surface area contributed by atoms with E-state index in [1.165, 1.54) is 0 Å². The van der Waals surface area contributed by atoms with Crippen molar-refractivity contribution in [2.24, 2.45) is 0 Å². The van der Waals surface area contributed by atoms with Gasteiger partial charge in [-0.15, -0.1) is 0 Å². The zero-order valence-corrected chi connectivity index (χ0v) is 15.0. The summed E-state index contributed by atoms with van der Waals surface area (Å²) in [6.45, 7) is 6.61. The second kappa shape index (κ2) is 8.08. The van der Waals surface area contributed by atoms with Crippen LogP contribution < -0.4 is 10.6 Å². The Balaban J connectivity index is 2.24. The number of nitrogens with one attached hydrogen (secondary N) is 2. The third kappa shape index (κ3) is 4.66. The highest BCUT2D eigenvalue weighted by molar-refractivity contribution is 6.33. The molecule has 7 heteroatoms. The molecule has 2 aromatic rings. The van der Waals surface area contributed by atoms with Gasteiger partial charge in [-0.05, 0) is 44.0 Å². The Morgan fingerprint density at radius 1 is 1.21 bits per heavy atom. The molecule has 6 nitrogen and oxygen atoms in total. The summed E-state index contributed by atoms with van der Waals surface area (Å²) in [4.78, 5) is 20.7. The Labute approximate surface area is 146 Å². The van der Waals surface area contributed by atoms with Gasteiger partial charge < -0.3 is 15.4 Å². The lowest BCUT2D eigenvalue weighted by atomic mass is 10.1. The van der Waals surface area contributed by atoms with E-state index in [-0.39, 0.29) is 5.91 Å². The number of ether oxygens (including phenoxy) is 1. The quantitative estimate of drug-likeness (QED) is 0.784. The summed E-state index contributed by atoms with van der Waals surface area (Å²) < 4.78 is 4.92. The average Bonchev–Trinajstić information content (AvgIpc) is 2.50. The van der Waals surface area contributed by atoms with E-state index in [4.69, 9.17) is 16.3 Å². The zero-order chi connectivity index (χ0) is 17.7. The molecule has 2 N–H and O–H groups in total. The van der Waals surface area contributed by atoms with Gasteiger partial charge in [0.05, 0.1) is 17.3 Å². The van der Waals surface area contributed by atoms with Crippen molar-refractivity contribution in [1.82, 2.24) is 15.3 Å². The molecule has 2 rings (SSSR count). The monoisotopic (exact) mass is 348 g/mol. The number of aryl methyl sites for hydroxylation is 3. The van der Waals surface area contributed by atoms with Crippen LogP contribution in [0.15, 0.2) is 18.2 Å². The summed E-state index contributed by atoms with van der Waals surface area (Å²) in [5.41, 5.74) is 3.77. The smallest absolute Gasteiger partial charge is 0.270 e. The van der Waals surface area contributed by atoms with Gasteiger partial charge in [0, 0.05) is 19.3 Å². The number of aromatic nitrogens is 2. The van der Waals surface area contributed by atoms with Crippen molar-refractivity contribution < 1.29 is 9.53 Å². The maximum atomic E-state index is 12.1. The number of rotatable bonds is 6. The predicted octanol–water partition coefficient (Wildman–Crippen LogP) is 3.18. The minimum absolute atomic E-state index is 0.271. The second-order valence-corrected chi connectivity index (χ2v) is 5.94. The molecule has 0 spiro atoms. The van der Waals surface area contributed by atoms with Crippen molar-refractivity contribution in [2.75, 3.05) is 25.6 Å². The number of anilines is 2. The number of halogens is 1. The molecule has 1 aromatic heterocycles. The van der Waals surface area contributed by atoms with Gasteiger partial charge in [0.1, 0.15) is 5.69 Å². The van der Waals surface area contributed by atoms with Crippen LogP contribution in [-0.2, 0) is 4.74 Å². The fourth-order valence-electron chi connectivity index (χ4n) is 2.28. The van der Waals surface area contributed by atoms with Crippen LogP contribution in [0, 0.1) is 20.8 Å². The topological polar surface area (TPSA) is 76.1 Å². The summed E-state index contributed by atoms with van der Waals surface area (Å²) in [6.07, 6.45) is 0. The molecule has 24 heavy (non-hydrogen) atoms. The number of benzene rings is 1. The van der Waals surface area contributed by atoms with E-state index in [1.807, 2.05) is 32.9 Å². The number of carbonyl (C=O) groups excluding carboxylic acids is 1. The fourth-order valence-corrected chi connectivity index (χ4v) is 2.65. The number of carbonyl (C=O) groups is 1. The average molecular weight is 349 g/mol. The molecule has 0 radical (unpaired) electrons. The molecule has 1 amide bonds. The molecular weight excluding hydrogens is 328 g/mol. The van der Waals surface area contributed by atoms with Crippen LogP contribution in [0.25, 0.3) is 0 Å². The Kier molecular flexibility index (Phi) is 6.11. The van der Waals surface area contributed by atoms with Gasteiger partial charge >= 0.3 is 0 Å². The van der Waals surface area contributed by atoms with E-state index < -0.39 is 0 Å². The maximum Gasteiger partial charge on any atom is 0.270 e. The SMILES string of the molecule is COCCNC(=O)c1cc(C)nc(Nc2c(C)cc(C)cc2Cl)n1. The highest BCUT2D eigenvalue weighted by Crippen LogP contribution is 2.29. The second-order valence-electron chi connectivity index (χ2n) is 5.53. The predicted molar refractivity (Wildman–Crippen MR) is 95.2 cm³/mol. The van der Waals surface area contributed by atoms with Gasteiger partial charge in [0.25, 0.3) is 5.91 Å². The van der Waals surface area contributed by atoms with Crippen molar-refractivity contribution in [3.05, 3.63) is 45.7 Å². The van der Waals surface area contributed by atoms with E-state index >= 15 is 0 Å². The van der Waals surface area contributed by atoms with Crippen LogP contribution in [0.5, 0.6) is 0 Å². The van der Waals surface area contributed by atoms with Crippen LogP contribution >= 0.6 is 11.6 Å². The summed E-state index contributed by atoms with van der Waals surface area (Å²) in [5, 5.41) is 6.44. The minimum atomic E-state index is -0.271. The first kappa shape index (κ1) is 18.2. The highest BCUT2D eigenvalue weighted by atomic mass is 35.5. The summed E-state index contributed by atoms with van der Waals surface area (Å²) in [5.74, 6) is 0.0630. The first-order chi connectivity index (χ1) is 11.4. The standard InChI is InChI=1S/C17H21ClN4O2/c1-10-7-11(2)15(13(18)8-10)22-17-20-12(3)9-14(21-17)16(23)19-5-6-24-4/h7-9H,5-6H2,1-4H3,(H,19,23)(H,20,21,22). The molecule has 0 fully saturated rings. The van der Waals surface area contributed by atoms with Gasteiger partial charge in [-0.1, -0.05) is 17.7 Å². The van der Waals surface area contributed by atoms with Crippen LogP contribution in [0.1, 0.15) is 27.3 Å². The first-order valence-electron chi connectivity index (χ1n) is 7.57. The van der Waals surface area contributed by atoms with Crippen molar-refractivity contribution in [3.8, 4) is 0 Å². The molecule has 0 unspecified atom stereocenters. The molecule has 1 aromatic carbocycles. The zero-order valence-electron chi connectivity index (χ0n) is 14.2. The molecule has 0 bridgehead atoms. The number of hydrogen-bond acceptors (Lipinski definition) is 5. The van der Waals surface area contributed by atoms with Gasteiger partial charge in [-0.3, -0.25) is 4.79 Å². The Bertz CT molecular complexity index is 726. The Morgan fingerprint density at radius 2 is 1.96 bits per heavy atom. The third-order valence-corrected chi connectivity index (χ3v) is 3.65. The lowest BCUT2D eigenvalue weighted by Crippen LogP contribution is -2.28. The van der Waals surface area contributed by atoms with Crippen molar-refractivity contribution >= 4 is 29.1 Å². The molecule has 0 saturated heterocycles. The molecule has 0 aliphatic carbocycles.